The molecule has 1 saturated heterocycles. The van der Waals surface area contributed by atoms with Gasteiger partial charge in [0.05, 0.1) is 12.5 Å². The zero-order valence-electron chi connectivity index (χ0n) is 10.8. The number of hydrogen-bond acceptors (Lipinski definition) is 2. The number of hydrogen-bond donors (Lipinski definition) is 1. The minimum absolute atomic E-state index is 0.0784. The van der Waals surface area contributed by atoms with Crippen LogP contribution in [-0.4, -0.2) is 28.5 Å². The lowest BCUT2D eigenvalue weighted by Crippen LogP contribution is -2.38. The summed E-state index contributed by atoms with van der Waals surface area (Å²) >= 11 is 5.81. The summed E-state index contributed by atoms with van der Waals surface area (Å²) in [7, 11) is 0. The molecule has 4 heteroatoms. The van der Waals surface area contributed by atoms with Gasteiger partial charge in [0, 0.05) is 17.6 Å². The Hall–Kier alpha value is -1.06. The first-order valence-electron chi connectivity index (χ1n) is 6.86. The number of carbonyl (C=O) groups is 1. The van der Waals surface area contributed by atoms with Gasteiger partial charge in [-0.15, -0.1) is 0 Å². The molecule has 3 unspecified atom stereocenters. The maximum atomic E-state index is 12.2. The maximum absolute atomic E-state index is 12.2. The first-order valence-corrected chi connectivity index (χ1v) is 7.24. The molecule has 1 amide bonds. The average Bonchev–Trinajstić information content (AvgIpc) is 3.01. The van der Waals surface area contributed by atoms with Gasteiger partial charge in [-0.1, -0.05) is 23.7 Å². The molecule has 1 aliphatic carbocycles. The Kier molecular flexibility index (Phi) is 3.50. The summed E-state index contributed by atoms with van der Waals surface area (Å²) in [6.07, 6.45) is 2.99. The molecule has 2 aliphatic rings. The Morgan fingerprint density at radius 1 is 1.37 bits per heavy atom. The number of piperidine rings is 1. The van der Waals surface area contributed by atoms with Crippen molar-refractivity contribution in [1.82, 2.24) is 4.90 Å². The lowest BCUT2D eigenvalue weighted by Gasteiger charge is -2.28. The summed E-state index contributed by atoms with van der Waals surface area (Å²) < 4.78 is 0. The van der Waals surface area contributed by atoms with Crippen molar-refractivity contribution in [2.45, 2.75) is 37.8 Å². The van der Waals surface area contributed by atoms with Crippen LogP contribution >= 0.6 is 11.6 Å². The van der Waals surface area contributed by atoms with Crippen molar-refractivity contribution < 1.29 is 9.90 Å². The standard InChI is InChI=1S/C15H18ClNO2/c16-12-4-2-11(3-5-12)14(18)8-15(19)17-9-10-1-6-13(17)7-10/h2-5,10,13-14,18H,1,6-9H2. The van der Waals surface area contributed by atoms with Crippen molar-refractivity contribution in [3.63, 3.8) is 0 Å². The average molecular weight is 280 g/mol. The molecule has 3 nitrogen and oxygen atoms in total. The van der Waals surface area contributed by atoms with E-state index in [1.54, 1.807) is 24.3 Å². The van der Waals surface area contributed by atoms with Gasteiger partial charge in [0.25, 0.3) is 0 Å². The third-order valence-corrected chi connectivity index (χ3v) is 4.60. The number of fused-ring (bicyclic) bond motifs is 2. The largest absolute Gasteiger partial charge is 0.388 e. The van der Waals surface area contributed by atoms with Crippen molar-refractivity contribution in [1.29, 1.82) is 0 Å². The number of carbonyl (C=O) groups excluding carboxylic acids is 1. The summed E-state index contributed by atoms with van der Waals surface area (Å²) in [6, 6.07) is 7.45. The molecule has 2 fully saturated rings. The third-order valence-electron chi connectivity index (χ3n) is 4.35. The van der Waals surface area contributed by atoms with Gasteiger partial charge in [-0.2, -0.15) is 0 Å². The topological polar surface area (TPSA) is 40.5 Å². The van der Waals surface area contributed by atoms with E-state index >= 15 is 0 Å². The summed E-state index contributed by atoms with van der Waals surface area (Å²) in [5.41, 5.74) is 0.752. The molecule has 2 bridgehead atoms. The number of likely N-dealkylation sites (tertiary alicyclic amines) is 1. The molecule has 1 aromatic carbocycles. The Morgan fingerprint density at radius 3 is 2.68 bits per heavy atom. The molecule has 1 saturated carbocycles. The molecule has 1 N–H and O–H groups in total. The summed E-state index contributed by atoms with van der Waals surface area (Å²) in [6.45, 7) is 0.886. The van der Waals surface area contributed by atoms with E-state index in [1.165, 1.54) is 6.42 Å². The lowest BCUT2D eigenvalue weighted by atomic mass is 10.0. The molecule has 102 valence electrons. The van der Waals surface area contributed by atoms with Crippen LogP contribution in [0.3, 0.4) is 0 Å². The fraction of sp³-hybridized carbons (Fsp3) is 0.533. The van der Waals surface area contributed by atoms with Crippen molar-refractivity contribution in [2.75, 3.05) is 6.54 Å². The molecule has 1 aliphatic heterocycles. The van der Waals surface area contributed by atoms with E-state index < -0.39 is 6.10 Å². The van der Waals surface area contributed by atoms with E-state index in [0.29, 0.717) is 17.0 Å². The van der Waals surface area contributed by atoms with Crippen molar-refractivity contribution in [2.24, 2.45) is 5.92 Å². The maximum Gasteiger partial charge on any atom is 0.225 e. The smallest absolute Gasteiger partial charge is 0.225 e. The SMILES string of the molecule is O=C(CC(O)c1ccc(Cl)cc1)N1CC2CCC1C2. The van der Waals surface area contributed by atoms with E-state index in [4.69, 9.17) is 11.6 Å². The second-order valence-corrected chi connectivity index (χ2v) is 6.09. The molecule has 3 atom stereocenters. The predicted molar refractivity (Wildman–Crippen MR) is 73.9 cm³/mol. The second kappa shape index (κ2) is 5.14. The number of aliphatic hydroxyl groups is 1. The number of halogens is 1. The molecule has 0 radical (unpaired) electrons. The van der Waals surface area contributed by atoms with Crippen LogP contribution in [-0.2, 0) is 4.79 Å². The quantitative estimate of drug-likeness (QED) is 0.924. The third kappa shape index (κ3) is 2.63. The minimum Gasteiger partial charge on any atom is -0.388 e. The van der Waals surface area contributed by atoms with Crippen LogP contribution < -0.4 is 0 Å². The van der Waals surface area contributed by atoms with Gasteiger partial charge >= 0.3 is 0 Å². The van der Waals surface area contributed by atoms with E-state index in [2.05, 4.69) is 0 Å². The van der Waals surface area contributed by atoms with E-state index in [9.17, 15) is 9.90 Å². The number of nitrogens with zero attached hydrogens (tertiary/aromatic N) is 1. The Morgan fingerprint density at radius 2 is 2.11 bits per heavy atom. The van der Waals surface area contributed by atoms with Gasteiger partial charge in [0.15, 0.2) is 0 Å². The first kappa shape index (κ1) is 12.9. The molecular formula is C15H18ClNO2. The molecule has 1 heterocycles. The molecule has 1 aromatic rings. The van der Waals surface area contributed by atoms with Gasteiger partial charge < -0.3 is 10.0 Å². The fourth-order valence-electron chi connectivity index (χ4n) is 3.32. The monoisotopic (exact) mass is 279 g/mol. The Balaban J connectivity index is 1.61. The molecular weight excluding hydrogens is 262 g/mol. The van der Waals surface area contributed by atoms with Crippen LogP contribution in [0.25, 0.3) is 0 Å². The molecule has 0 aromatic heterocycles. The highest BCUT2D eigenvalue weighted by atomic mass is 35.5. The summed E-state index contributed by atoms with van der Waals surface area (Å²) in [4.78, 5) is 14.2. The van der Waals surface area contributed by atoms with Gasteiger partial charge in [-0.3, -0.25) is 4.79 Å². The number of benzene rings is 1. The normalized spacial score (nSPS) is 26.7. The lowest BCUT2D eigenvalue weighted by molar-refractivity contribution is -0.135. The van der Waals surface area contributed by atoms with Crippen LogP contribution in [0.1, 0.15) is 37.4 Å². The Bertz CT molecular complexity index is 474. The van der Waals surface area contributed by atoms with Crippen LogP contribution in [0.2, 0.25) is 5.02 Å². The van der Waals surface area contributed by atoms with Crippen molar-refractivity contribution in [3.05, 3.63) is 34.9 Å². The van der Waals surface area contributed by atoms with Gasteiger partial charge in [0.1, 0.15) is 0 Å². The predicted octanol–water partition coefficient (Wildman–Crippen LogP) is 2.77. The van der Waals surface area contributed by atoms with Gasteiger partial charge in [-0.25, -0.2) is 0 Å². The highest BCUT2D eigenvalue weighted by Crippen LogP contribution is 2.38. The van der Waals surface area contributed by atoms with E-state index in [1.807, 2.05) is 4.90 Å². The second-order valence-electron chi connectivity index (χ2n) is 5.65. The van der Waals surface area contributed by atoms with E-state index in [0.717, 1.165) is 24.9 Å². The highest BCUT2D eigenvalue weighted by Gasteiger charge is 2.40. The van der Waals surface area contributed by atoms with E-state index in [-0.39, 0.29) is 12.3 Å². The zero-order valence-corrected chi connectivity index (χ0v) is 11.5. The van der Waals surface area contributed by atoms with Gasteiger partial charge in [0.2, 0.25) is 5.91 Å². The molecule has 19 heavy (non-hydrogen) atoms. The molecule has 3 rings (SSSR count). The van der Waals surface area contributed by atoms with Crippen LogP contribution in [0.4, 0.5) is 0 Å². The van der Waals surface area contributed by atoms with Crippen molar-refractivity contribution >= 4 is 17.5 Å². The summed E-state index contributed by atoms with van der Waals surface area (Å²) in [5.74, 6) is 0.774. The number of rotatable bonds is 3. The zero-order chi connectivity index (χ0) is 13.4. The van der Waals surface area contributed by atoms with Gasteiger partial charge in [-0.05, 0) is 42.9 Å². The minimum atomic E-state index is -0.733. The first-order chi connectivity index (χ1) is 9.13. The highest BCUT2D eigenvalue weighted by molar-refractivity contribution is 6.30. The summed E-state index contributed by atoms with van der Waals surface area (Å²) in [5, 5.41) is 10.8. The molecule has 0 spiro atoms. The van der Waals surface area contributed by atoms with Crippen molar-refractivity contribution in [3.8, 4) is 0 Å². The number of aliphatic hydroxyl groups excluding tert-OH is 1. The fourth-order valence-corrected chi connectivity index (χ4v) is 3.44. The van der Waals surface area contributed by atoms with Crippen LogP contribution in [0, 0.1) is 5.92 Å². The Labute approximate surface area is 118 Å². The van der Waals surface area contributed by atoms with Crippen LogP contribution in [0.15, 0.2) is 24.3 Å². The van der Waals surface area contributed by atoms with Crippen LogP contribution in [0.5, 0.6) is 0 Å². The number of amides is 1.